The number of rotatable bonds is 5. The van der Waals surface area contributed by atoms with Gasteiger partial charge in [-0.3, -0.25) is 0 Å². The zero-order valence-electron chi connectivity index (χ0n) is 16.1. The van der Waals surface area contributed by atoms with Crippen LogP contribution < -0.4 is 0 Å². The lowest BCUT2D eigenvalue weighted by Gasteiger charge is -2.11. The highest BCUT2D eigenvalue weighted by molar-refractivity contribution is 6.30. The minimum Gasteiger partial charge on any atom is -0.329 e. The Labute approximate surface area is 163 Å². The number of nitrogens with zero attached hydrogens (tertiary/aromatic N) is 6. The van der Waals surface area contributed by atoms with Crippen molar-refractivity contribution in [2.75, 3.05) is 20.6 Å². The molecule has 3 aromatic heterocycles. The molecule has 0 saturated carbocycles. The molecule has 4 aromatic rings. The van der Waals surface area contributed by atoms with Crippen LogP contribution in [0.4, 0.5) is 0 Å². The van der Waals surface area contributed by atoms with Gasteiger partial charge in [-0.1, -0.05) is 11.6 Å². The minimum absolute atomic E-state index is 0.679. The second-order valence-corrected chi connectivity index (χ2v) is 7.61. The van der Waals surface area contributed by atoms with E-state index in [1.54, 1.807) is 10.8 Å². The number of hydrogen-bond acceptors (Lipinski definition) is 4. The molecule has 0 radical (unpaired) electrons. The molecule has 0 bridgehead atoms. The summed E-state index contributed by atoms with van der Waals surface area (Å²) < 4.78 is 4.06. The van der Waals surface area contributed by atoms with Gasteiger partial charge in [0.05, 0.1) is 5.39 Å². The quantitative estimate of drug-likeness (QED) is 0.524. The predicted octanol–water partition coefficient (Wildman–Crippen LogP) is 3.97. The van der Waals surface area contributed by atoms with E-state index < -0.39 is 0 Å². The van der Waals surface area contributed by atoms with Crippen molar-refractivity contribution in [3.8, 4) is 11.4 Å². The molecular weight excluding hydrogens is 360 g/mol. The number of aryl methyl sites for hydroxylation is 2. The van der Waals surface area contributed by atoms with E-state index in [0.29, 0.717) is 10.8 Å². The number of aromatic nitrogens is 5. The van der Waals surface area contributed by atoms with E-state index >= 15 is 0 Å². The van der Waals surface area contributed by atoms with Crippen LogP contribution in [-0.2, 0) is 6.54 Å². The maximum Gasteiger partial charge on any atom is 0.182 e. The fraction of sp³-hybridized carbons (Fsp3) is 0.350. The molecule has 0 fully saturated rings. The summed E-state index contributed by atoms with van der Waals surface area (Å²) in [7, 11) is 4.20. The molecule has 4 rings (SSSR count). The standard InChI is InChI=1S/C20H23ClN6/c1-13-14(2)26(11-5-10-25(3)4)19-17(13)20-23-18(24-27(20)12-22-19)15-6-8-16(21)9-7-15/h6-9,12H,5,10-11H2,1-4H3. The largest absolute Gasteiger partial charge is 0.329 e. The lowest BCUT2D eigenvalue weighted by atomic mass is 10.2. The highest BCUT2D eigenvalue weighted by Crippen LogP contribution is 2.28. The monoisotopic (exact) mass is 382 g/mol. The van der Waals surface area contributed by atoms with Crippen LogP contribution in [0.3, 0.4) is 0 Å². The van der Waals surface area contributed by atoms with E-state index in [0.717, 1.165) is 41.8 Å². The Morgan fingerprint density at radius 1 is 1.07 bits per heavy atom. The first-order valence-corrected chi connectivity index (χ1v) is 9.45. The third kappa shape index (κ3) is 3.19. The molecule has 0 N–H and O–H groups in total. The molecule has 1 aromatic carbocycles. The Morgan fingerprint density at radius 3 is 2.52 bits per heavy atom. The lowest BCUT2D eigenvalue weighted by molar-refractivity contribution is 0.387. The van der Waals surface area contributed by atoms with Crippen LogP contribution in [-0.4, -0.2) is 49.7 Å². The highest BCUT2D eigenvalue weighted by atomic mass is 35.5. The second-order valence-electron chi connectivity index (χ2n) is 7.17. The van der Waals surface area contributed by atoms with Crippen molar-refractivity contribution in [1.82, 2.24) is 29.0 Å². The van der Waals surface area contributed by atoms with Crippen LogP contribution in [0.1, 0.15) is 17.7 Å². The van der Waals surface area contributed by atoms with Gasteiger partial charge in [0.1, 0.15) is 12.0 Å². The Morgan fingerprint density at radius 2 is 1.81 bits per heavy atom. The molecule has 0 unspecified atom stereocenters. The number of hydrogen-bond donors (Lipinski definition) is 0. The van der Waals surface area contributed by atoms with Crippen LogP contribution in [0, 0.1) is 13.8 Å². The summed E-state index contributed by atoms with van der Waals surface area (Å²) in [5, 5.41) is 6.39. The van der Waals surface area contributed by atoms with E-state index in [9.17, 15) is 0 Å². The molecule has 0 amide bonds. The van der Waals surface area contributed by atoms with Crippen molar-refractivity contribution in [2.24, 2.45) is 0 Å². The van der Waals surface area contributed by atoms with Crippen LogP contribution in [0.2, 0.25) is 5.02 Å². The zero-order chi connectivity index (χ0) is 19.1. The van der Waals surface area contributed by atoms with Crippen LogP contribution >= 0.6 is 11.6 Å². The predicted molar refractivity (Wildman–Crippen MR) is 109 cm³/mol. The maximum atomic E-state index is 6.00. The Kier molecular flexibility index (Phi) is 4.61. The normalized spacial score (nSPS) is 11.9. The van der Waals surface area contributed by atoms with Crippen LogP contribution in [0.15, 0.2) is 30.6 Å². The first kappa shape index (κ1) is 17.9. The van der Waals surface area contributed by atoms with Crippen LogP contribution in [0.25, 0.3) is 28.1 Å². The molecule has 6 nitrogen and oxygen atoms in total. The van der Waals surface area contributed by atoms with Gasteiger partial charge in [-0.25, -0.2) is 14.5 Å². The van der Waals surface area contributed by atoms with Crippen molar-refractivity contribution < 1.29 is 0 Å². The summed E-state index contributed by atoms with van der Waals surface area (Å²) >= 11 is 6.00. The van der Waals surface area contributed by atoms with Gasteiger partial charge in [0, 0.05) is 22.8 Å². The summed E-state index contributed by atoms with van der Waals surface area (Å²) in [6.07, 6.45) is 2.83. The minimum atomic E-state index is 0.679. The summed E-state index contributed by atoms with van der Waals surface area (Å²) in [6, 6.07) is 7.58. The van der Waals surface area contributed by atoms with E-state index in [2.05, 4.69) is 42.5 Å². The smallest absolute Gasteiger partial charge is 0.182 e. The average Bonchev–Trinajstić information content (AvgIpc) is 3.17. The summed E-state index contributed by atoms with van der Waals surface area (Å²) in [6.45, 7) is 6.28. The molecule has 0 aliphatic heterocycles. The Hall–Kier alpha value is -2.44. The van der Waals surface area contributed by atoms with E-state index in [1.165, 1.54) is 11.3 Å². The van der Waals surface area contributed by atoms with Gasteiger partial charge in [0.15, 0.2) is 11.5 Å². The van der Waals surface area contributed by atoms with Gasteiger partial charge in [-0.2, -0.15) is 0 Å². The molecule has 0 spiro atoms. The topological polar surface area (TPSA) is 51.2 Å². The van der Waals surface area contributed by atoms with E-state index in [-0.39, 0.29) is 0 Å². The van der Waals surface area contributed by atoms with Crippen molar-refractivity contribution >= 4 is 28.3 Å². The molecule has 0 saturated heterocycles. The van der Waals surface area contributed by atoms with Crippen molar-refractivity contribution in [3.63, 3.8) is 0 Å². The number of halogens is 1. The third-order valence-electron chi connectivity index (χ3n) is 5.04. The maximum absolute atomic E-state index is 6.00. The van der Waals surface area contributed by atoms with E-state index in [4.69, 9.17) is 21.6 Å². The molecule has 0 aliphatic carbocycles. The third-order valence-corrected chi connectivity index (χ3v) is 5.29. The summed E-state index contributed by atoms with van der Waals surface area (Å²) in [5.41, 5.74) is 5.21. The summed E-state index contributed by atoms with van der Waals surface area (Å²) in [4.78, 5) is 11.7. The lowest BCUT2D eigenvalue weighted by Crippen LogP contribution is -2.15. The molecule has 140 valence electrons. The van der Waals surface area contributed by atoms with Gasteiger partial charge in [-0.15, -0.1) is 5.10 Å². The second kappa shape index (κ2) is 6.94. The van der Waals surface area contributed by atoms with Gasteiger partial charge >= 0.3 is 0 Å². The molecule has 0 atom stereocenters. The molecule has 27 heavy (non-hydrogen) atoms. The Bertz CT molecular complexity index is 1110. The van der Waals surface area contributed by atoms with Crippen LogP contribution in [0.5, 0.6) is 0 Å². The molecule has 3 heterocycles. The van der Waals surface area contributed by atoms with Gasteiger partial charge in [0.2, 0.25) is 0 Å². The van der Waals surface area contributed by atoms with Crippen molar-refractivity contribution in [1.29, 1.82) is 0 Å². The first-order chi connectivity index (χ1) is 13.0. The highest BCUT2D eigenvalue weighted by Gasteiger charge is 2.18. The van der Waals surface area contributed by atoms with Gasteiger partial charge < -0.3 is 9.47 Å². The average molecular weight is 383 g/mol. The van der Waals surface area contributed by atoms with Crippen molar-refractivity contribution in [3.05, 3.63) is 46.9 Å². The van der Waals surface area contributed by atoms with Crippen molar-refractivity contribution in [2.45, 2.75) is 26.8 Å². The Balaban J connectivity index is 1.82. The van der Waals surface area contributed by atoms with Gasteiger partial charge in [-0.05, 0) is 70.7 Å². The van der Waals surface area contributed by atoms with E-state index in [1.807, 2.05) is 24.3 Å². The zero-order valence-corrected chi connectivity index (χ0v) is 16.8. The number of fused-ring (bicyclic) bond motifs is 3. The van der Waals surface area contributed by atoms with Gasteiger partial charge in [0.25, 0.3) is 0 Å². The number of benzene rings is 1. The fourth-order valence-corrected chi connectivity index (χ4v) is 3.60. The SMILES string of the molecule is Cc1c(C)n(CCCN(C)C)c2ncn3nc(-c4ccc(Cl)cc4)nc3c12. The molecule has 7 heteroatoms. The fourth-order valence-electron chi connectivity index (χ4n) is 3.47. The first-order valence-electron chi connectivity index (χ1n) is 9.07. The summed E-state index contributed by atoms with van der Waals surface area (Å²) in [5.74, 6) is 0.679. The molecule has 0 aliphatic rings. The molecular formula is C20H23ClN6.